The van der Waals surface area contributed by atoms with Gasteiger partial charge in [0.2, 0.25) is 5.91 Å². The molecule has 2 aromatic carbocycles. The Balaban J connectivity index is 1.64. The Labute approximate surface area is 150 Å². The Kier molecular flexibility index (Phi) is 5.05. The Hall–Kier alpha value is -2.79. The van der Waals surface area contributed by atoms with E-state index in [1.807, 2.05) is 30.5 Å². The van der Waals surface area contributed by atoms with E-state index in [0.29, 0.717) is 11.3 Å². The minimum Gasteiger partial charge on any atom is -0.326 e. The number of Topliss-reactive ketones (excluding diaryl/α,β-unsaturated/α-hetero) is 1. The molecule has 0 aliphatic carbocycles. The van der Waals surface area contributed by atoms with Crippen molar-refractivity contribution in [1.29, 1.82) is 0 Å². The standard InChI is InChI=1S/C20H18N2O2S/c1-13-4-3-5-16(10-13)20-22-18(12-25-20)11-19(24)21-17-8-6-15(7-9-17)14(2)23/h3-10,12H,11H2,1-2H3,(H,21,24). The molecule has 0 aliphatic heterocycles. The number of carbonyl (C=O) groups excluding carboxylic acids is 2. The predicted octanol–water partition coefficient (Wildman–Crippen LogP) is 4.50. The summed E-state index contributed by atoms with van der Waals surface area (Å²) in [5.74, 6) is -0.124. The normalized spacial score (nSPS) is 10.5. The monoisotopic (exact) mass is 350 g/mol. The fraction of sp³-hybridized carbons (Fsp3) is 0.150. The number of rotatable bonds is 5. The number of amides is 1. The molecule has 25 heavy (non-hydrogen) atoms. The third-order valence-electron chi connectivity index (χ3n) is 3.73. The number of nitrogens with zero attached hydrogens (tertiary/aromatic N) is 1. The molecule has 1 aromatic heterocycles. The number of aryl methyl sites for hydroxylation is 1. The van der Waals surface area contributed by atoms with Crippen molar-refractivity contribution in [1.82, 2.24) is 4.98 Å². The largest absolute Gasteiger partial charge is 0.326 e. The molecule has 5 heteroatoms. The molecular formula is C20H18N2O2S. The second-order valence-corrected chi connectivity index (χ2v) is 6.73. The van der Waals surface area contributed by atoms with Crippen LogP contribution in [0.5, 0.6) is 0 Å². The second-order valence-electron chi connectivity index (χ2n) is 5.87. The summed E-state index contributed by atoms with van der Waals surface area (Å²) in [6.45, 7) is 3.56. The maximum absolute atomic E-state index is 12.2. The molecule has 0 atom stereocenters. The summed E-state index contributed by atoms with van der Waals surface area (Å²) in [4.78, 5) is 28.0. The van der Waals surface area contributed by atoms with Crippen LogP contribution in [0.15, 0.2) is 53.9 Å². The van der Waals surface area contributed by atoms with Crippen LogP contribution in [0.4, 0.5) is 5.69 Å². The highest BCUT2D eigenvalue weighted by molar-refractivity contribution is 7.13. The highest BCUT2D eigenvalue weighted by atomic mass is 32.1. The van der Waals surface area contributed by atoms with E-state index in [9.17, 15) is 9.59 Å². The van der Waals surface area contributed by atoms with Crippen LogP contribution in [0.1, 0.15) is 28.5 Å². The van der Waals surface area contributed by atoms with Crippen molar-refractivity contribution in [3.63, 3.8) is 0 Å². The molecule has 4 nitrogen and oxygen atoms in total. The minimum atomic E-state index is -0.128. The van der Waals surface area contributed by atoms with Gasteiger partial charge in [-0.3, -0.25) is 9.59 Å². The van der Waals surface area contributed by atoms with Crippen LogP contribution in [0.3, 0.4) is 0 Å². The topological polar surface area (TPSA) is 59.1 Å². The van der Waals surface area contributed by atoms with Gasteiger partial charge in [-0.25, -0.2) is 4.98 Å². The third-order valence-corrected chi connectivity index (χ3v) is 4.67. The first-order chi connectivity index (χ1) is 12.0. The number of thiazole rings is 1. The highest BCUT2D eigenvalue weighted by Crippen LogP contribution is 2.24. The van der Waals surface area contributed by atoms with Gasteiger partial charge in [0, 0.05) is 22.2 Å². The van der Waals surface area contributed by atoms with Gasteiger partial charge in [0.25, 0.3) is 0 Å². The summed E-state index contributed by atoms with van der Waals surface area (Å²) in [7, 11) is 0. The van der Waals surface area contributed by atoms with E-state index in [4.69, 9.17) is 0 Å². The highest BCUT2D eigenvalue weighted by Gasteiger charge is 2.10. The van der Waals surface area contributed by atoms with Crippen molar-refractivity contribution in [3.8, 4) is 10.6 Å². The van der Waals surface area contributed by atoms with E-state index < -0.39 is 0 Å². The summed E-state index contributed by atoms with van der Waals surface area (Å²) in [6, 6.07) is 15.0. The molecule has 3 aromatic rings. The van der Waals surface area contributed by atoms with E-state index in [1.165, 1.54) is 23.8 Å². The molecule has 126 valence electrons. The van der Waals surface area contributed by atoms with Crippen LogP contribution in [0.2, 0.25) is 0 Å². The summed E-state index contributed by atoms with van der Waals surface area (Å²) < 4.78 is 0. The van der Waals surface area contributed by atoms with Crippen LogP contribution in [0, 0.1) is 6.92 Å². The lowest BCUT2D eigenvalue weighted by Crippen LogP contribution is -2.14. The Morgan fingerprint density at radius 2 is 1.88 bits per heavy atom. The fourth-order valence-electron chi connectivity index (χ4n) is 2.46. The number of ketones is 1. The van der Waals surface area contributed by atoms with E-state index in [0.717, 1.165) is 16.3 Å². The summed E-state index contributed by atoms with van der Waals surface area (Å²) >= 11 is 1.54. The summed E-state index contributed by atoms with van der Waals surface area (Å²) in [5.41, 5.74) is 4.29. The quantitative estimate of drug-likeness (QED) is 0.689. The fourth-order valence-corrected chi connectivity index (χ4v) is 3.27. The zero-order chi connectivity index (χ0) is 17.8. The number of benzene rings is 2. The van der Waals surface area contributed by atoms with Gasteiger partial charge in [-0.1, -0.05) is 23.8 Å². The molecule has 0 radical (unpaired) electrons. The van der Waals surface area contributed by atoms with Gasteiger partial charge in [-0.15, -0.1) is 11.3 Å². The number of nitrogens with one attached hydrogen (secondary N) is 1. The van der Waals surface area contributed by atoms with Crippen molar-refractivity contribution >= 4 is 28.7 Å². The Bertz CT molecular complexity index is 913. The van der Waals surface area contributed by atoms with E-state index in [2.05, 4.69) is 16.4 Å². The van der Waals surface area contributed by atoms with Gasteiger partial charge >= 0.3 is 0 Å². The average molecular weight is 350 g/mol. The van der Waals surface area contributed by atoms with Crippen LogP contribution in [-0.2, 0) is 11.2 Å². The first-order valence-electron chi connectivity index (χ1n) is 7.93. The van der Waals surface area contributed by atoms with E-state index in [-0.39, 0.29) is 18.1 Å². The molecule has 0 bridgehead atoms. The number of hydrogen-bond donors (Lipinski definition) is 1. The van der Waals surface area contributed by atoms with Crippen molar-refractivity contribution in [2.24, 2.45) is 0 Å². The predicted molar refractivity (Wildman–Crippen MR) is 101 cm³/mol. The smallest absolute Gasteiger partial charge is 0.230 e. The van der Waals surface area contributed by atoms with Gasteiger partial charge in [0.15, 0.2) is 5.78 Å². The Morgan fingerprint density at radius 3 is 2.56 bits per heavy atom. The SMILES string of the molecule is CC(=O)c1ccc(NC(=O)Cc2csc(-c3cccc(C)c3)n2)cc1. The molecule has 1 amide bonds. The van der Waals surface area contributed by atoms with Crippen molar-refractivity contribution < 1.29 is 9.59 Å². The maximum Gasteiger partial charge on any atom is 0.230 e. The van der Waals surface area contributed by atoms with Crippen LogP contribution in [-0.4, -0.2) is 16.7 Å². The van der Waals surface area contributed by atoms with Gasteiger partial charge in [-0.2, -0.15) is 0 Å². The lowest BCUT2D eigenvalue weighted by atomic mass is 10.1. The average Bonchev–Trinajstić information content (AvgIpc) is 3.03. The van der Waals surface area contributed by atoms with Crippen LogP contribution in [0.25, 0.3) is 10.6 Å². The lowest BCUT2D eigenvalue weighted by Gasteiger charge is -2.04. The zero-order valence-electron chi connectivity index (χ0n) is 14.1. The molecule has 0 saturated carbocycles. The third kappa shape index (κ3) is 4.39. The molecule has 0 aliphatic rings. The number of aromatic nitrogens is 1. The molecule has 3 rings (SSSR count). The molecule has 1 heterocycles. The summed E-state index contributed by atoms with van der Waals surface area (Å²) in [5, 5.41) is 5.66. The maximum atomic E-state index is 12.2. The summed E-state index contributed by atoms with van der Waals surface area (Å²) in [6.07, 6.45) is 0.219. The van der Waals surface area contributed by atoms with Crippen molar-refractivity contribution in [3.05, 3.63) is 70.7 Å². The van der Waals surface area contributed by atoms with Crippen LogP contribution >= 0.6 is 11.3 Å². The van der Waals surface area contributed by atoms with E-state index in [1.54, 1.807) is 24.3 Å². The molecule has 1 N–H and O–H groups in total. The Morgan fingerprint density at radius 1 is 1.12 bits per heavy atom. The number of carbonyl (C=O) groups is 2. The minimum absolute atomic E-state index is 0.00373. The first-order valence-corrected chi connectivity index (χ1v) is 8.81. The van der Waals surface area contributed by atoms with Crippen LogP contribution < -0.4 is 5.32 Å². The molecule has 0 unspecified atom stereocenters. The van der Waals surface area contributed by atoms with Crippen molar-refractivity contribution in [2.75, 3.05) is 5.32 Å². The zero-order valence-corrected chi connectivity index (χ0v) is 14.9. The van der Waals surface area contributed by atoms with Gasteiger partial charge in [0.05, 0.1) is 12.1 Å². The number of anilines is 1. The molecule has 0 saturated heterocycles. The first kappa shape index (κ1) is 17.0. The molecule has 0 fully saturated rings. The number of hydrogen-bond acceptors (Lipinski definition) is 4. The molecule has 0 spiro atoms. The van der Waals surface area contributed by atoms with Crippen molar-refractivity contribution in [2.45, 2.75) is 20.3 Å². The van der Waals surface area contributed by atoms with E-state index >= 15 is 0 Å². The second kappa shape index (κ2) is 7.40. The lowest BCUT2D eigenvalue weighted by molar-refractivity contribution is -0.115. The van der Waals surface area contributed by atoms with Gasteiger partial charge in [-0.05, 0) is 44.2 Å². The molecular weight excluding hydrogens is 332 g/mol. The van der Waals surface area contributed by atoms with Gasteiger partial charge in [0.1, 0.15) is 5.01 Å². The van der Waals surface area contributed by atoms with Gasteiger partial charge < -0.3 is 5.32 Å².